The number of aromatic nitrogens is 1. The van der Waals surface area contributed by atoms with Gasteiger partial charge in [-0.15, -0.1) is 0 Å². The van der Waals surface area contributed by atoms with Crippen LogP contribution in [-0.4, -0.2) is 0 Å². The molecular formula is C10H15NO. The second kappa shape index (κ2) is 4.10. The van der Waals surface area contributed by atoms with E-state index in [1.165, 1.54) is 18.4 Å². The first kappa shape index (κ1) is 9.04. The van der Waals surface area contributed by atoms with E-state index >= 15 is 0 Å². The molecule has 1 heterocycles. The number of pyridine rings is 1. The minimum atomic E-state index is 0.781. The largest absolute Gasteiger partial charge is 0.619 e. The molecule has 0 bridgehead atoms. The molecule has 0 saturated heterocycles. The second-order valence-electron chi connectivity index (χ2n) is 3.11. The van der Waals surface area contributed by atoms with Gasteiger partial charge in [-0.05, 0) is 18.4 Å². The van der Waals surface area contributed by atoms with Crippen LogP contribution in [0, 0.1) is 12.1 Å². The normalized spacial score (nSPS) is 10.2. The fourth-order valence-electron chi connectivity index (χ4n) is 1.20. The Kier molecular flexibility index (Phi) is 3.09. The van der Waals surface area contributed by atoms with Gasteiger partial charge in [-0.2, -0.15) is 4.73 Å². The first-order valence-corrected chi connectivity index (χ1v) is 4.42. The molecule has 1 rings (SSSR count). The van der Waals surface area contributed by atoms with Gasteiger partial charge in [0.2, 0.25) is 0 Å². The zero-order valence-corrected chi connectivity index (χ0v) is 7.71. The summed E-state index contributed by atoms with van der Waals surface area (Å²) in [5.41, 5.74) is 2.05. The molecule has 0 N–H and O–H groups in total. The molecule has 1 aromatic rings. The fraction of sp³-hybridized carbons (Fsp3) is 0.500. The molecule has 66 valence electrons. The molecule has 0 unspecified atom stereocenters. The van der Waals surface area contributed by atoms with Crippen LogP contribution in [-0.2, 0) is 6.42 Å². The van der Waals surface area contributed by atoms with Crippen molar-refractivity contribution in [3.8, 4) is 0 Å². The standard InChI is InChI=1S/C10H15NO/c1-3-4-5-10-6-7-11(12)9(2)8-10/h6-8H,3-5H2,1-2H3. The predicted molar refractivity (Wildman–Crippen MR) is 48.8 cm³/mol. The van der Waals surface area contributed by atoms with Gasteiger partial charge in [0, 0.05) is 19.1 Å². The van der Waals surface area contributed by atoms with Crippen LogP contribution in [0.2, 0.25) is 0 Å². The molecule has 0 aromatic carbocycles. The summed E-state index contributed by atoms with van der Waals surface area (Å²) in [5, 5.41) is 11.0. The van der Waals surface area contributed by atoms with Crippen LogP contribution in [0.1, 0.15) is 31.0 Å². The fourth-order valence-corrected chi connectivity index (χ4v) is 1.20. The molecule has 12 heavy (non-hydrogen) atoms. The zero-order chi connectivity index (χ0) is 8.97. The highest BCUT2D eigenvalue weighted by atomic mass is 16.5. The summed E-state index contributed by atoms with van der Waals surface area (Å²) < 4.78 is 0.898. The molecule has 0 atom stereocenters. The molecule has 2 nitrogen and oxygen atoms in total. The summed E-state index contributed by atoms with van der Waals surface area (Å²) in [4.78, 5) is 0. The number of unbranched alkanes of at least 4 members (excludes halogenated alkanes) is 1. The summed E-state index contributed by atoms with van der Waals surface area (Å²) in [6.45, 7) is 4.01. The summed E-state index contributed by atoms with van der Waals surface area (Å²) in [6.07, 6.45) is 5.06. The third-order valence-electron chi connectivity index (χ3n) is 1.98. The first-order chi connectivity index (χ1) is 5.74. The molecular weight excluding hydrogens is 150 g/mol. The summed E-state index contributed by atoms with van der Waals surface area (Å²) >= 11 is 0. The average Bonchev–Trinajstić information content (AvgIpc) is 2.07. The smallest absolute Gasteiger partial charge is 0.189 e. The Hall–Kier alpha value is -1.05. The molecule has 0 amide bonds. The van der Waals surface area contributed by atoms with E-state index in [0.717, 1.165) is 16.8 Å². The van der Waals surface area contributed by atoms with Crippen LogP contribution in [0.5, 0.6) is 0 Å². The Labute approximate surface area is 73.4 Å². The molecule has 0 saturated carbocycles. The highest BCUT2D eigenvalue weighted by Gasteiger charge is 1.99. The summed E-state index contributed by atoms with van der Waals surface area (Å²) in [7, 11) is 0. The Balaban J connectivity index is 2.69. The minimum absolute atomic E-state index is 0.781. The van der Waals surface area contributed by atoms with E-state index in [2.05, 4.69) is 6.92 Å². The Bertz CT molecular complexity index is 258. The van der Waals surface area contributed by atoms with E-state index in [4.69, 9.17) is 0 Å². The van der Waals surface area contributed by atoms with E-state index in [1.54, 1.807) is 6.20 Å². The average molecular weight is 165 g/mol. The predicted octanol–water partition coefficient (Wildman–Crippen LogP) is 1.97. The van der Waals surface area contributed by atoms with Crippen LogP contribution in [0.3, 0.4) is 0 Å². The number of nitrogens with zero attached hydrogens (tertiary/aromatic N) is 1. The van der Waals surface area contributed by atoms with E-state index in [9.17, 15) is 5.21 Å². The zero-order valence-electron chi connectivity index (χ0n) is 7.71. The monoisotopic (exact) mass is 165 g/mol. The van der Waals surface area contributed by atoms with E-state index in [0.29, 0.717) is 0 Å². The van der Waals surface area contributed by atoms with Crippen LogP contribution in [0.25, 0.3) is 0 Å². The lowest BCUT2D eigenvalue weighted by Gasteiger charge is -2.02. The maximum absolute atomic E-state index is 11.0. The Morgan fingerprint density at radius 1 is 1.50 bits per heavy atom. The van der Waals surface area contributed by atoms with Crippen molar-refractivity contribution in [1.29, 1.82) is 0 Å². The van der Waals surface area contributed by atoms with Crippen molar-refractivity contribution in [3.05, 3.63) is 34.8 Å². The summed E-state index contributed by atoms with van der Waals surface area (Å²) in [6, 6.07) is 3.86. The van der Waals surface area contributed by atoms with Gasteiger partial charge < -0.3 is 5.21 Å². The van der Waals surface area contributed by atoms with Crippen molar-refractivity contribution in [2.24, 2.45) is 0 Å². The Morgan fingerprint density at radius 3 is 2.83 bits per heavy atom. The molecule has 0 aliphatic rings. The highest BCUT2D eigenvalue weighted by Crippen LogP contribution is 2.04. The highest BCUT2D eigenvalue weighted by molar-refractivity contribution is 5.11. The van der Waals surface area contributed by atoms with Crippen molar-refractivity contribution >= 4 is 0 Å². The van der Waals surface area contributed by atoms with Gasteiger partial charge in [-0.25, -0.2) is 0 Å². The topological polar surface area (TPSA) is 26.9 Å². The van der Waals surface area contributed by atoms with Crippen LogP contribution in [0.15, 0.2) is 18.3 Å². The molecule has 0 radical (unpaired) electrons. The number of hydrogen-bond acceptors (Lipinski definition) is 1. The lowest BCUT2D eigenvalue weighted by Crippen LogP contribution is -2.29. The van der Waals surface area contributed by atoms with Crippen LogP contribution < -0.4 is 4.73 Å². The Morgan fingerprint density at radius 2 is 2.25 bits per heavy atom. The van der Waals surface area contributed by atoms with Crippen molar-refractivity contribution < 1.29 is 4.73 Å². The second-order valence-corrected chi connectivity index (χ2v) is 3.11. The van der Waals surface area contributed by atoms with Crippen molar-refractivity contribution in [2.45, 2.75) is 33.1 Å². The van der Waals surface area contributed by atoms with E-state index in [1.807, 2.05) is 19.1 Å². The van der Waals surface area contributed by atoms with Gasteiger partial charge >= 0.3 is 0 Å². The van der Waals surface area contributed by atoms with Crippen LogP contribution >= 0.6 is 0 Å². The molecule has 0 aliphatic carbocycles. The number of aryl methyl sites for hydroxylation is 2. The third-order valence-corrected chi connectivity index (χ3v) is 1.98. The van der Waals surface area contributed by atoms with Crippen molar-refractivity contribution in [2.75, 3.05) is 0 Å². The maximum atomic E-state index is 11.0. The molecule has 0 spiro atoms. The third kappa shape index (κ3) is 2.22. The van der Waals surface area contributed by atoms with Gasteiger partial charge in [0.15, 0.2) is 11.9 Å². The van der Waals surface area contributed by atoms with Gasteiger partial charge in [0.05, 0.1) is 0 Å². The number of hydrogen-bond donors (Lipinski definition) is 0. The van der Waals surface area contributed by atoms with Gasteiger partial charge in [-0.1, -0.05) is 13.3 Å². The summed E-state index contributed by atoms with van der Waals surface area (Å²) in [5.74, 6) is 0. The molecule has 1 aromatic heterocycles. The molecule has 0 fully saturated rings. The van der Waals surface area contributed by atoms with Crippen LogP contribution in [0.4, 0.5) is 0 Å². The molecule has 0 aliphatic heterocycles. The van der Waals surface area contributed by atoms with Crippen molar-refractivity contribution in [3.63, 3.8) is 0 Å². The lowest BCUT2D eigenvalue weighted by molar-refractivity contribution is -0.612. The van der Waals surface area contributed by atoms with Gasteiger partial charge in [0.1, 0.15) is 0 Å². The van der Waals surface area contributed by atoms with Gasteiger partial charge in [0.25, 0.3) is 0 Å². The van der Waals surface area contributed by atoms with E-state index < -0.39 is 0 Å². The lowest BCUT2D eigenvalue weighted by atomic mass is 10.1. The maximum Gasteiger partial charge on any atom is 0.189 e. The van der Waals surface area contributed by atoms with Crippen molar-refractivity contribution in [1.82, 2.24) is 0 Å². The first-order valence-electron chi connectivity index (χ1n) is 4.42. The molecule has 2 heteroatoms. The van der Waals surface area contributed by atoms with Gasteiger partial charge in [-0.3, -0.25) is 0 Å². The SMILES string of the molecule is CCCCc1cc[n+]([O-])c(C)c1. The number of rotatable bonds is 3. The van der Waals surface area contributed by atoms with E-state index in [-0.39, 0.29) is 0 Å². The minimum Gasteiger partial charge on any atom is -0.619 e. The quantitative estimate of drug-likeness (QED) is 0.497.